The largest absolute Gasteiger partial charge is 0.507 e. The van der Waals surface area contributed by atoms with Gasteiger partial charge in [-0.1, -0.05) is 24.3 Å². The number of aryl methyl sites for hydroxylation is 2. The van der Waals surface area contributed by atoms with Crippen molar-refractivity contribution in [1.29, 1.82) is 0 Å². The number of fused-ring (bicyclic) bond motifs is 2. The smallest absolute Gasteiger partial charge is 0.339 e. The van der Waals surface area contributed by atoms with E-state index in [1.54, 1.807) is 24.7 Å². The van der Waals surface area contributed by atoms with Crippen LogP contribution in [0, 0.1) is 0 Å². The normalized spacial score (nSPS) is 10.7. The van der Waals surface area contributed by atoms with Gasteiger partial charge in [0.1, 0.15) is 11.3 Å². The maximum Gasteiger partial charge on any atom is 0.339 e. The van der Waals surface area contributed by atoms with Gasteiger partial charge in [-0.25, -0.2) is 14.6 Å². The van der Waals surface area contributed by atoms with Crippen LogP contribution in [0.4, 0.5) is 0 Å². The van der Waals surface area contributed by atoms with Gasteiger partial charge in [-0.05, 0) is 22.9 Å². The van der Waals surface area contributed by atoms with Gasteiger partial charge in [-0.2, -0.15) is 0 Å². The van der Waals surface area contributed by atoms with Gasteiger partial charge in [0.05, 0.1) is 6.33 Å². The monoisotopic (exact) mass is 382 g/mol. The molecule has 0 fully saturated rings. The van der Waals surface area contributed by atoms with Crippen molar-refractivity contribution in [2.75, 3.05) is 0 Å². The number of carboxylic acid groups (broad SMARTS) is 1. The van der Waals surface area contributed by atoms with Crippen molar-refractivity contribution < 1.29 is 15.0 Å². The molecule has 0 aliphatic heterocycles. The lowest BCUT2D eigenvalue weighted by Gasteiger charge is -2.02. The van der Waals surface area contributed by atoms with E-state index >= 15 is 0 Å². The van der Waals surface area contributed by atoms with Gasteiger partial charge in [-0.15, -0.1) is 0 Å². The van der Waals surface area contributed by atoms with Crippen molar-refractivity contribution in [3.8, 4) is 5.75 Å². The summed E-state index contributed by atoms with van der Waals surface area (Å²) >= 11 is 0. The molecule has 9 nitrogen and oxygen atoms in total. The number of carboxylic acids is 1. The van der Waals surface area contributed by atoms with Crippen LogP contribution in [0.1, 0.15) is 10.4 Å². The Kier molecular flexibility index (Phi) is 4.74. The molecule has 0 saturated carbocycles. The molecule has 4 aromatic rings. The van der Waals surface area contributed by atoms with Crippen LogP contribution in [0.25, 0.3) is 21.9 Å². The predicted molar refractivity (Wildman–Crippen MR) is 104 cm³/mol. The van der Waals surface area contributed by atoms with E-state index in [-0.39, 0.29) is 22.6 Å². The quantitative estimate of drug-likeness (QED) is 0.511. The number of carbonyl (C=O) groups is 1. The molecule has 0 spiro atoms. The zero-order valence-electron chi connectivity index (χ0n) is 15.4. The summed E-state index contributed by atoms with van der Waals surface area (Å²) in [7, 11) is 4.77. The lowest BCUT2D eigenvalue weighted by atomic mass is 10.1. The highest BCUT2D eigenvalue weighted by atomic mass is 16.4. The fourth-order valence-corrected chi connectivity index (χ4v) is 2.87. The molecule has 28 heavy (non-hydrogen) atoms. The van der Waals surface area contributed by atoms with Crippen molar-refractivity contribution in [2.24, 2.45) is 21.1 Å². The van der Waals surface area contributed by atoms with Gasteiger partial charge in [0.2, 0.25) is 0 Å². The first-order chi connectivity index (χ1) is 13.2. The third kappa shape index (κ3) is 3.13. The fraction of sp³-hybridized carbons (Fsp3) is 0.158. The van der Waals surface area contributed by atoms with Gasteiger partial charge in [0, 0.05) is 21.1 Å². The fourth-order valence-electron chi connectivity index (χ4n) is 2.87. The zero-order valence-corrected chi connectivity index (χ0v) is 15.4. The number of imidazole rings is 1. The summed E-state index contributed by atoms with van der Waals surface area (Å²) in [5.41, 5.74) is 0.114. The number of aromatic nitrogens is 4. The standard InChI is InChI=1S/C11H8O3.C8H10N4O2/c12-10-6-8-4-2-1-3-7(8)5-9(10)11(13)14;1-10-4-9-6-5(10)7(13)12(3)8(14)11(6)2/h1-6,12H,(H,13,14);4H,1-3H3. The minimum atomic E-state index is -1.12. The summed E-state index contributed by atoms with van der Waals surface area (Å²) < 4.78 is 4.04. The third-order valence-electron chi connectivity index (χ3n) is 4.41. The van der Waals surface area contributed by atoms with Crippen LogP contribution in [0.15, 0.2) is 52.3 Å². The third-order valence-corrected chi connectivity index (χ3v) is 4.41. The summed E-state index contributed by atoms with van der Waals surface area (Å²) in [6.45, 7) is 0. The maximum atomic E-state index is 11.7. The van der Waals surface area contributed by atoms with Crippen LogP contribution in [0.2, 0.25) is 0 Å². The lowest BCUT2D eigenvalue weighted by Crippen LogP contribution is -2.37. The van der Waals surface area contributed by atoms with Crippen LogP contribution in [-0.2, 0) is 21.1 Å². The summed E-state index contributed by atoms with van der Waals surface area (Å²) in [4.78, 5) is 37.9. The zero-order chi connectivity index (χ0) is 20.6. The Morgan fingerprint density at radius 2 is 1.61 bits per heavy atom. The molecule has 0 radical (unpaired) electrons. The first-order valence-corrected chi connectivity index (χ1v) is 8.24. The van der Waals surface area contributed by atoms with Crippen molar-refractivity contribution in [1.82, 2.24) is 18.7 Å². The Balaban J connectivity index is 0.000000161. The second kappa shape index (κ2) is 7.03. The van der Waals surface area contributed by atoms with Crippen molar-refractivity contribution in [3.63, 3.8) is 0 Å². The Morgan fingerprint density at radius 3 is 2.21 bits per heavy atom. The van der Waals surface area contributed by atoms with Gasteiger partial charge in [0.15, 0.2) is 11.2 Å². The van der Waals surface area contributed by atoms with E-state index in [0.717, 1.165) is 15.3 Å². The number of aromatic carboxylic acids is 1. The highest BCUT2D eigenvalue weighted by Crippen LogP contribution is 2.24. The maximum absolute atomic E-state index is 11.7. The molecular formula is C19H18N4O5. The predicted octanol–water partition coefficient (Wildman–Crippen LogP) is 1.21. The minimum absolute atomic E-state index is 0.0660. The van der Waals surface area contributed by atoms with Gasteiger partial charge in [0.25, 0.3) is 5.56 Å². The van der Waals surface area contributed by atoms with E-state index in [1.807, 2.05) is 18.2 Å². The molecule has 0 saturated heterocycles. The number of hydrogen-bond donors (Lipinski definition) is 2. The Labute approximate surface area is 158 Å². The second-order valence-corrected chi connectivity index (χ2v) is 6.26. The first-order valence-electron chi connectivity index (χ1n) is 8.24. The van der Waals surface area contributed by atoms with E-state index in [0.29, 0.717) is 11.2 Å². The van der Waals surface area contributed by atoms with E-state index < -0.39 is 5.97 Å². The lowest BCUT2D eigenvalue weighted by molar-refractivity contribution is 0.0694. The molecule has 144 valence electrons. The molecule has 0 aliphatic rings. The minimum Gasteiger partial charge on any atom is -0.507 e. The molecule has 4 rings (SSSR count). The van der Waals surface area contributed by atoms with Crippen molar-refractivity contribution >= 4 is 27.9 Å². The number of nitrogens with zero attached hydrogens (tertiary/aromatic N) is 4. The average molecular weight is 382 g/mol. The van der Waals surface area contributed by atoms with Crippen molar-refractivity contribution in [2.45, 2.75) is 0 Å². The number of phenols is 1. The first kappa shape index (κ1) is 18.9. The SMILES string of the molecule is Cn1c(=O)c2c(ncn2C)n(C)c1=O.O=C(O)c1cc2ccccc2cc1O. The van der Waals surface area contributed by atoms with Crippen LogP contribution in [0.5, 0.6) is 5.75 Å². The van der Waals surface area contributed by atoms with E-state index in [9.17, 15) is 19.5 Å². The van der Waals surface area contributed by atoms with E-state index in [2.05, 4.69) is 4.98 Å². The summed E-state index contributed by atoms with van der Waals surface area (Å²) in [5.74, 6) is -1.32. The number of aromatic hydroxyl groups is 1. The van der Waals surface area contributed by atoms with Crippen LogP contribution in [0.3, 0.4) is 0 Å². The highest BCUT2D eigenvalue weighted by molar-refractivity contribution is 5.97. The Bertz CT molecular complexity index is 1330. The molecule has 0 unspecified atom stereocenters. The highest BCUT2D eigenvalue weighted by Gasteiger charge is 2.12. The number of rotatable bonds is 1. The topological polar surface area (TPSA) is 119 Å². The molecular weight excluding hydrogens is 364 g/mol. The van der Waals surface area contributed by atoms with Crippen LogP contribution >= 0.6 is 0 Å². The molecule has 2 N–H and O–H groups in total. The molecule has 2 aromatic heterocycles. The van der Waals surface area contributed by atoms with Gasteiger partial charge in [-0.3, -0.25) is 13.9 Å². The molecule has 0 bridgehead atoms. The molecule has 0 amide bonds. The average Bonchev–Trinajstić information content (AvgIpc) is 3.06. The molecule has 0 atom stereocenters. The second-order valence-electron chi connectivity index (χ2n) is 6.26. The van der Waals surface area contributed by atoms with Crippen LogP contribution in [-0.4, -0.2) is 34.9 Å². The molecule has 2 heterocycles. The molecule has 2 aromatic carbocycles. The molecule has 0 aliphatic carbocycles. The van der Waals surface area contributed by atoms with E-state index in [4.69, 9.17) is 5.11 Å². The molecule has 9 heteroatoms. The van der Waals surface area contributed by atoms with Gasteiger partial charge < -0.3 is 14.8 Å². The Morgan fingerprint density at radius 1 is 1.00 bits per heavy atom. The van der Waals surface area contributed by atoms with Gasteiger partial charge >= 0.3 is 11.7 Å². The number of hydrogen-bond acceptors (Lipinski definition) is 5. The summed E-state index contributed by atoms with van der Waals surface area (Å²) in [6.07, 6.45) is 1.52. The van der Waals surface area contributed by atoms with Crippen LogP contribution < -0.4 is 11.2 Å². The summed E-state index contributed by atoms with van der Waals surface area (Å²) in [6, 6.07) is 10.2. The van der Waals surface area contributed by atoms with Crippen molar-refractivity contribution in [3.05, 3.63) is 69.1 Å². The summed E-state index contributed by atoms with van der Waals surface area (Å²) in [5, 5.41) is 19.8. The number of benzene rings is 2. The Hall–Kier alpha value is -3.88. The van der Waals surface area contributed by atoms with E-state index in [1.165, 1.54) is 30.1 Å².